The molecule has 1 aliphatic heterocycles. The van der Waals surface area contributed by atoms with Gasteiger partial charge in [-0.25, -0.2) is 0 Å². The van der Waals surface area contributed by atoms with Crippen molar-refractivity contribution in [1.82, 2.24) is 15.1 Å². The van der Waals surface area contributed by atoms with Crippen LogP contribution in [0.25, 0.3) is 0 Å². The van der Waals surface area contributed by atoms with Crippen molar-refractivity contribution in [1.29, 1.82) is 0 Å². The third-order valence-corrected chi connectivity index (χ3v) is 4.51. The molecule has 0 unspecified atom stereocenters. The molecule has 0 atom stereocenters. The van der Waals surface area contributed by atoms with Crippen LogP contribution in [0.3, 0.4) is 0 Å². The summed E-state index contributed by atoms with van der Waals surface area (Å²) in [7, 11) is 1.97. The Morgan fingerprint density at radius 2 is 1.95 bits per heavy atom. The largest absolute Gasteiger partial charge is 0.345 e. The molecule has 4 nitrogen and oxygen atoms in total. The maximum Gasteiger partial charge on any atom is 0.229 e. The monoisotopic (exact) mass is 267 g/mol. The highest BCUT2D eigenvalue weighted by atomic mass is 16.2. The summed E-state index contributed by atoms with van der Waals surface area (Å²) in [5.41, 5.74) is -0.268. The smallest absolute Gasteiger partial charge is 0.229 e. The molecule has 1 amide bonds. The van der Waals surface area contributed by atoms with E-state index >= 15 is 0 Å². The van der Waals surface area contributed by atoms with Crippen LogP contribution >= 0.6 is 0 Å². The molecule has 2 fully saturated rings. The molecule has 0 aromatic carbocycles. The van der Waals surface area contributed by atoms with Crippen molar-refractivity contribution in [3.05, 3.63) is 0 Å². The second-order valence-corrected chi connectivity index (χ2v) is 6.89. The van der Waals surface area contributed by atoms with E-state index in [4.69, 9.17) is 0 Å². The lowest BCUT2D eigenvalue weighted by Gasteiger charge is -2.38. The Morgan fingerprint density at radius 3 is 2.47 bits per heavy atom. The molecule has 2 rings (SSSR count). The molecule has 0 radical (unpaired) electrons. The summed E-state index contributed by atoms with van der Waals surface area (Å²) in [6.45, 7) is 10.2. The van der Waals surface area contributed by atoms with Gasteiger partial charge in [-0.3, -0.25) is 9.69 Å². The van der Waals surface area contributed by atoms with Gasteiger partial charge in [-0.1, -0.05) is 6.42 Å². The fraction of sp³-hybridized carbons (Fsp3) is 0.933. The zero-order valence-electron chi connectivity index (χ0n) is 12.7. The predicted octanol–water partition coefficient (Wildman–Crippen LogP) is 1.18. The van der Waals surface area contributed by atoms with Crippen molar-refractivity contribution in [2.75, 3.05) is 46.3 Å². The van der Waals surface area contributed by atoms with Gasteiger partial charge in [0.25, 0.3) is 0 Å². The topological polar surface area (TPSA) is 35.6 Å². The number of carbonyl (C=O) groups excluding carboxylic acids is 1. The van der Waals surface area contributed by atoms with Gasteiger partial charge in [-0.05, 0) is 32.6 Å². The molecule has 1 saturated carbocycles. The van der Waals surface area contributed by atoms with Gasteiger partial charge >= 0.3 is 0 Å². The number of carbonyl (C=O) groups is 1. The second kappa shape index (κ2) is 6.23. The number of nitrogens with one attached hydrogen (secondary N) is 1. The maximum atomic E-state index is 12.6. The minimum Gasteiger partial charge on any atom is -0.345 e. The van der Waals surface area contributed by atoms with Gasteiger partial charge in [-0.15, -0.1) is 0 Å². The van der Waals surface area contributed by atoms with Gasteiger partial charge in [-0.2, -0.15) is 0 Å². The van der Waals surface area contributed by atoms with Gasteiger partial charge in [0.1, 0.15) is 0 Å². The Hall–Kier alpha value is -0.610. The molecule has 4 heteroatoms. The van der Waals surface area contributed by atoms with Gasteiger partial charge in [0.15, 0.2) is 0 Å². The van der Waals surface area contributed by atoms with Gasteiger partial charge in [0.2, 0.25) is 5.91 Å². The van der Waals surface area contributed by atoms with Gasteiger partial charge in [0.05, 0.1) is 5.41 Å². The molecule has 1 saturated heterocycles. The zero-order chi connectivity index (χ0) is 13.9. The number of piperazine rings is 1. The predicted molar refractivity (Wildman–Crippen MR) is 78.1 cm³/mol. The molecular formula is C15H29N3O. The van der Waals surface area contributed by atoms with E-state index in [1.807, 2.05) is 11.9 Å². The Kier molecular flexibility index (Phi) is 4.85. The average Bonchev–Trinajstić information content (AvgIpc) is 2.33. The summed E-state index contributed by atoms with van der Waals surface area (Å²) >= 11 is 0. The highest BCUT2D eigenvalue weighted by molar-refractivity contribution is 5.82. The molecule has 19 heavy (non-hydrogen) atoms. The molecule has 2 aliphatic rings. The Bertz CT molecular complexity index is 307. The van der Waals surface area contributed by atoms with Crippen LogP contribution in [0, 0.1) is 11.3 Å². The molecule has 1 N–H and O–H groups in total. The molecule has 110 valence electrons. The Labute approximate surface area is 117 Å². The average molecular weight is 267 g/mol. The summed E-state index contributed by atoms with van der Waals surface area (Å²) in [5.74, 6) is 1.06. The fourth-order valence-corrected chi connectivity index (χ4v) is 3.16. The lowest BCUT2D eigenvalue weighted by Crippen LogP contribution is -2.51. The van der Waals surface area contributed by atoms with E-state index in [2.05, 4.69) is 24.1 Å². The van der Waals surface area contributed by atoms with E-state index in [9.17, 15) is 4.79 Å². The summed E-state index contributed by atoms with van der Waals surface area (Å²) in [6.07, 6.45) is 3.95. The van der Waals surface area contributed by atoms with E-state index in [1.54, 1.807) is 0 Å². The van der Waals surface area contributed by atoms with E-state index < -0.39 is 0 Å². The number of amides is 1. The van der Waals surface area contributed by atoms with Crippen LogP contribution < -0.4 is 5.32 Å². The first-order valence-corrected chi connectivity index (χ1v) is 7.68. The summed E-state index contributed by atoms with van der Waals surface area (Å²) < 4.78 is 0. The van der Waals surface area contributed by atoms with Crippen molar-refractivity contribution < 1.29 is 4.79 Å². The van der Waals surface area contributed by atoms with Crippen LogP contribution in [-0.4, -0.2) is 62.0 Å². The highest BCUT2D eigenvalue weighted by Crippen LogP contribution is 2.28. The number of hydrogen-bond donors (Lipinski definition) is 1. The molecule has 0 bridgehead atoms. The van der Waals surface area contributed by atoms with Crippen molar-refractivity contribution in [3.8, 4) is 0 Å². The number of rotatable bonds is 5. The normalized spacial score (nSPS) is 22.1. The van der Waals surface area contributed by atoms with Gasteiger partial charge < -0.3 is 10.2 Å². The maximum absolute atomic E-state index is 12.6. The summed E-state index contributed by atoms with van der Waals surface area (Å²) in [5, 5.41) is 3.36. The van der Waals surface area contributed by atoms with Crippen molar-refractivity contribution in [2.24, 2.45) is 11.3 Å². The molecule has 1 aliphatic carbocycles. The minimum atomic E-state index is -0.268. The third-order valence-electron chi connectivity index (χ3n) is 4.51. The van der Waals surface area contributed by atoms with Crippen molar-refractivity contribution in [3.63, 3.8) is 0 Å². The quantitative estimate of drug-likeness (QED) is 0.812. The van der Waals surface area contributed by atoms with Crippen LogP contribution in [0.2, 0.25) is 0 Å². The van der Waals surface area contributed by atoms with Crippen LogP contribution in [-0.2, 0) is 4.79 Å². The molecule has 0 aromatic rings. The lowest BCUT2D eigenvalue weighted by molar-refractivity contribution is -0.141. The zero-order valence-corrected chi connectivity index (χ0v) is 12.7. The fourth-order valence-electron chi connectivity index (χ4n) is 3.16. The summed E-state index contributed by atoms with van der Waals surface area (Å²) in [6, 6.07) is 0. The number of hydrogen-bond acceptors (Lipinski definition) is 3. The number of nitrogens with zero attached hydrogens (tertiary/aromatic N) is 2. The van der Waals surface area contributed by atoms with E-state index in [1.165, 1.54) is 19.3 Å². The van der Waals surface area contributed by atoms with Crippen molar-refractivity contribution in [2.45, 2.75) is 33.1 Å². The Balaban J connectivity index is 1.83. The molecular weight excluding hydrogens is 238 g/mol. The first-order valence-electron chi connectivity index (χ1n) is 7.68. The van der Waals surface area contributed by atoms with E-state index in [0.29, 0.717) is 5.91 Å². The minimum absolute atomic E-state index is 0.268. The molecule has 0 spiro atoms. The molecule has 1 heterocycles. The van der Waals surface area contributed by atoms with Crippen LogP contribution in [0.5, 0.6) is 0 Å². The lowest BCUT2D eigenvalue weighted by atomic mass is 9.84. The SMILES string of the molecule is CN(CC1CCC1)C(=O)C(C)(C)CN1CCNCC1. The highest BCUT2D eigenvalue weighted by Gasteiger charge is 2.34. The standard InChI is InChI=1S/C15H29N3O/c1-15(2,12-18-9-7-16-8-10-18)14(19)17(3)11-13-5-4-6-13/h13,16H,4-12H2,1-3H3. The first-order chi connectivity index (χ1) is 8.99. The third kappa shape index (κ3) is 3.93. The second-order valence-electron chi connectivity index (χ2n) is 6.89. The Morgan fingerprint density at radius 1 is 1.32 bits per heavy atom. The first kappa shape index (κ1) is 14.8. The van der Waals surface area contributed by atoms with Crippen LogP contribution in [0.1, 0.15) is 33.1 Å². The summed E-state index contributed by atoms with van der Waals surface area (Å²) in [4.78, 5) is 17.0. The van der Waals surface area contributed by atoms with E-state index in [0.717, 1.165) is 45.2 Å². The molecule has 0 aromatic heterocycles. The van der Waals surface area contributed by atoms with Crippen LogP contribution in [0.4, 0.5) is 0 Å². The van der Waals surface area contributed by atoms with Crippen molar-refractivity contribution >= 4 is 5.91 Å². The van der Waals surface area contributed by atoms with E-state index in [-0.39, 0.29) is 5.41 Å². The van der Waals surface area contributed by atoms with Crippen LogP contribution in [0.15, 0.2) is 0 Å². The van der Waals surface area contributed by atoms with Gasteiger partial charge in [0, 0.05) is 46.3 Å².